The first-order chi connectivity index (χ1) is 10.1. The highest BCUT2D eigenvalue weighted by atomic mass is 32.1. The molecule has 0 bridgehead atoms. The van der Waals surface area contributed by atoms with Crippen LogP contribution in [0.5, 0.6) is 0 Å². The summed E-state index contributed by atoms with van der Waals surface area (Å²) in [6.07, 6.45) is 4.17. The van der Waals surface area contributed by atoms with Crippen LogP contribution in [0.3, 0.4) is 0 Å². The molecule has 2 N–H and O–H groups in total. The van der Waals surface area contributed by atoms with Crippen LogP contribution in [0.4, 0.5) is 0 Å². The van der Waals surface area contributed by atoms with E-state index in [-0.39, 0.29) is 17.9 Å². The van der Waals surface area contributed by atoms with Crippen LogP contribution < -0.4 is 5.32 Å². The molecule has 1 atom stereocenters. The van der Waals surface area contributed by atoms with E-state index >= 15 is 0 Å². The molecule has 5 heteroatoms. The van der Waals surface area contributed by atoms with Crippen LogP contribution in [0.15, 0.2) is 12.1 Å². The number of nitrogens with one attached hydrogen (secondary N) is 1. The molecule has 1 amide bonds. The highest BCUT2D eigenvalue weighted by Gasteiger charge is 2.37. The van der Waals surface area contributed by atoms with Gasteiger partial charge >= 0.3 is 0 Å². The number of carbonyl (C=O) groups is 1. The number of rotatable bonds is 7. The van der Waals surface area contributed by atoms with Gasteiger partial charge in [0.15, 0.2) is 0 Å². The Labute approximate surface area is 130 Å². The average molecular weight is 311 g/mol. The summed E-state index contributed by atoms with van der Waals surface area (Å²) in [5.41, 5.74) is 0.0414. The molecule has 0 radical (unpaired) electrons. The fourth-order valence-electron chi connectivity index (χ4n) is 2.94. The van der Waals surface area contributed by atoms with Crippen molar-refractivity contribution in [3.8, 4) is 0 Å². The van der Waals surface area contributed by atoms with Crippen molar-refractivity contribution in [2.24, 2.45) is 0 Å². The minimum Gasteiger partial charge on any atom is -0.388 e. The third-order valence-corrected chi connectivity index (χ3v) is 5.69. The lowest BCUT2D eigenvalue weighted by Gasteiger charge is -2.28. The minimum atomic E-state index is -0.422. The van der Waals surface area contributed by atoms with Gasteiger partial charge in [0, 0.05) is 28.3 Å². The average Bonchev–Trinajstić information content (AvgIpc) is 3.12. The van der Waals surface area contributed by atoms with Crippen molar-refractivity contribution in [2.45, 2.75) is 51.0 Å². The Balaban J connectivity index is 2.04. The van der Waals surface area contributed by atoms with Gasteiger partial charge in [-0.3, -0.25) is 4.79 Å². The Hall–Kier alpha value is -0.910. The van der Waals surface area contributed by atoms with Crippen LogP contribution in [0.2, 0.25) is 0 Å². The zero-order chi connectivity index (χ0) is 15.3. The van der Waals surface area contributed by atoms with Crippen LogP contribution in [0.1, 0.15) is 55.4 Å². The van der Waals surface area contributed by atoms with Gasteiger partial charge in [-0.15, -0.1) is 11.3 Å². The zero-order valence-corrected chi connectivity index (χ0v) is 13.7. The van der Waals surface area contributed by atoms with E-state index in [4.69, 9.17) is 4.74 Å². The quantitative estimate of drug-likeness (QED) is 0.814. The Morgan fingerprint density at radius 1 is 1.48 bits per heavy atom. The van der Waals surface area contributed by atoms with Gasteiger partial charge in [-0.25, -0.2) is 0 Å². The van der Waals surface area contributed by atoms with Gasteiger partial charge in [0.2, 0.25) is 5.91 Å². The molecule has 1 fully saturated rings. The largest absolute Gasteiger partial charge is 0.388 e. The van der Waals surface area contributed by atoms with Crippen LogP contribution in [0, 0.1) is 0 Å². The van der Waals surface area contributed by atoms with Gasteiger partial charge in [-0.2, -0.15) is 0 Å². The van der Waals surface area contributed by atoms with Crippen LogP contribution in [-0.2, 0) is 14.9 Å². The van der Waals surface area contributed by atoms with Gasteiger partial charge in [0.05, 0.1) is 6.10 Å². The monoisotopic (exact) mass is 311 g/mol. The van der Waals surface area contributed by atoms with E-state index < -0.39 is 6.10 Å². The topological polar surface area (TPSA) is 58.6 Å². The predicted octanol–water partition coefficient (Wildman–Crippen LogP) is 2.77. The molecule has 0 aromatic carbocycles. The van der Waals surface area contributed by atoms with E-state index in [1.165, 1.54) is 17.7 Å². The molecule has 0 spiro atoms. The molecular formula is C16H25NO3S. The molecule has 4 nitrogen and oxygen atoms in total. The summed E-state index contributed by atoms with van der Waals surface area (Å²) >= 11 is 1.67. The SMILES string of the molecule is CCOCC(=O)NCC1(c2ccc(C(C)O)s2)CCCC1. The van der Waals surface area contributed by atoms with E-state index in [0.29, 0.717) is 13.2 Å². The molecule has 1 saturated carbocycles. The number of amides is 1. The predicted molar refractivity (Wildman–Crippen MR) is 84.6 cm³/mol. The molecule has 2 rings (SSSR count). The first-order valence-electron chi connectivity index (χ1n) is 7.70. The molecular weight excluding hydrogens is 286 g/mol. The molecule has 118 valence electrons. The van der Waals surface area contributed by atoms with E-state index in [1.54, 1.807) is 18.3 Å². The lowest BCUT2D eigenvalue weighted by Crippen LogP contribution is -2.40. The Bertz CT molecular complexity index is 464. The van der Waals surface area contributed by atoms with Crippen LogP contribution in [0.25, 0.3) is 0 Å². The normalized spacial score (nSPS) is 18.6. The van der Waals surface area contributed by atoms with Gasteiger partial charge < -0.3 is 15.2 Å². The first-order valence-corrected chi connectivity index (χ1v) is 8.52. The van der Waals surface area contributed by atoms with E-state index in [9.17, 15) is 9.90 Å². The summed E-state index contributed by atoms with van der Waals surface area (Å²) in [6.45, 7) is 5.03. The third-order valence-electron chi connectivity index (χ3n) is 4.18. The Morgan fingerprint density at radius 2 is 2.19 bits per heavy atom. The second kappa shape index (κ2) is 7.38. The molecule has 1 aromatic heterocycles. The smallest absolute Gasteiger partial charge is 0.246 e. The maximum atomic E-state index is 11.8. The lowest BCUT2D eigenvalue weighted by atomic mass is 9.84. The van der Waals surface area contributed by atoms with Gasteiger partial charge in [0.25, 0.3) is 0 Å². The van der Waals surface area contributed by atoms with Crippen molar-refractivity contribution in [3.63, 3.8) is 0 Å². The van der Waals surface area contributed by atoms with E-state index in [2.05, 4.69) is 11.4 Å². The Kier molecular flexibility index (Phi) is 5.79. The first kappa shape index (κ1) is 16.5. The molecule has 1 aliphatic carbocycles. The number of aliphatic hydroxyl groups is 1. The van der Waals surface area contributed by atoms with Crippen molar-refractivity contribution < 1.29 is 14.6 Å². The molecule has 1 aliphatic rings. The van der Waals surface area contributed by atoms with Gasteiger partial charge in [-0.05, 0) is 38.8 Å². The molecule has 1 unspecified atom stereocenters. The molecule has 1 heterocycles. The number of carbonyl (C=O) groups excluding carboxylic acids is 1. The molecule has 0 aliphatic heterocycles. The van der Waals surface area contributed by atoms with Gasteiger partial charge in [-0.1, -0.05) is 12.8 Å². The van der Waals surface area contributed by atoms with Crippen molar-refractivity contribution in [2.75, 3.05) is 19.8 Å². The highest BCUT2D eigenvalue weighted by Crippen LogP contribution is 2.44. The van der Waals surface area contributed by atoms with E-state index in [0.717, 1.165) is 17.7 Å². The summed E-state index contributed by atoms with van der Waals surface area (Å²) in [4.78, 5) is 14.1. The fraction of sp³-hybridized carbons (Fsp3) is 0.688. The molecule has 1 aromatic rings. The summed E-state index contributed by atoms with van der Waals surface area (Å²) in [5, 5.41) is 12.7. The van der Waals surface area contributed by atoms with Crippen molar-refractivity contribution in [3.05, 3.63) is 21.9 Å². The zero-order valence-electron chi connectivity index (χ0n) is 12.9. The number of thiophene rings is 1. The fourth-order valence-corrected chi connectivity index (χ4v) is 4.13. The lowest BCUT2D eigenvalue weighted by molar-refractivity contribution is -0.125. The number of ether oxygens (including phenoxy) is 1. The van der Waals surface area contributed by atoms with Crippen LogP contribution >= 0.6 is 11.3 Å². The maximum absolute atomic E-state index is 11.8. The van der Waals surface area contributed by atoms with Crippen molar-refractivity contribution >= 4 is 17.2 Å². The van der Waals surface area contributed by atoms with Crippen LogP contribution in [-0.4, -0.2) is 30.8 Å². The summed E-state index contributed by atoms with van der Waals surface area (Å²) in [6, 6.07) is 4.12. The third kappa shape index (κ3) is 4.05. The molecule has 0 saturated heterocycles. The summed E-state index contributed by atoms with van der Waals surface area (Å²) in [5.74, 6) is -0.0459. The highest BCUT2D eigenvalue weighted by molar-refractivity contribution is 7.12. The second-order valence-electron chi connectivity index (χ2n) is 5.78. The van der Waals surface area contributed by atoms with Gasteiger partial charge in [0.1, 0.15) is 6.61 Å². The standard InChI is InChI=1S/C16H25NO3S/c1-3-20-10-15(19)17-11-16(8-4-5-9-16)14-7-6-13(21-14)12(2)18/h6-7,12,18H,3-5,8-11H2,1-2H3,(H,17,19). The number of aliphatic hydroxyl groups excluding tert-OH is 1. The Morgan fingerprint density at radius 3 is 2.76 bits per heavy atom. The van der Waals surface area contributed by atoms with Crippen molar-refractivity contribution in [1.29, 1.82) is 0 Å². The van der Waals surface area contributed by atoms with E-state index in [1.807, 2.05) is 13.0 Å². The second-order valence-corrected chi connectivity index (χ2v) is 6.89. The number of hydrogen-bond donors (Lipinski definition) is 2. The number of hydrogen-bond acceptors (Lipinski definition) is 4. The molecule has 21 heavy (non-hydrogen) atoms. The summed E-state index contributed by atoms with van der Waals surface area (Å²) in [7, 11) is 0. The summed E-state index contributed by atoms with van der Waals surface area (Å²) < 4.78 is 5.14. The van der Waals surface area contributed by atoms with Crippen molar-refractivity contribution in [1.82, 2.24) is 5.32 Å². The minimum absolute atomic E-state index is 0.0414. The maximum Gasteiger partial charge on any atom is 0.246 e.